The van der Waals surface area contributed by atoms with Gasteiger partial charge in [-0.3, -0.25) is 14.9 Å². The van der Waals surface area contributed by atoms with Crippen LogP contribution in [0.4, 0.5) is 5.69 Å². The molecule has 0 saturated carbocycles. The number of esters is 1. The van der Waals surface area contributed by atoms with Crippen LogP contribution in [-0.4, -0.2) is 37.6 Å². The molecule has 0 aliphatic rings. The van der Waals surface area contributed by atoms with Gasteiger partial charge in [-0.25, -0.2) is 4.79 Å². The highest BCUT2D eigenvalue weighted by molar-refractivity contribution is 5.99. The predicted octanol–water partition coefficient (Wildman–Crippen LogP) is 2.72. The van der Waals surface area contributed by atoms with Crippen molar-refractivity contribution < 1.29 is 28.7 Å². The van der Waals surface area contributed by atoms with Gasteiger partial charge in [-0.2, -0.15) is 0 Å². The summed E-state index contributed by atoms with van der Waals surface area (Å²) in [6, 6.07) is 8.54. The fourth-order valence-corrected chi connectivity index (χ4v) is 2.48. The molecule has 0 heterocycles. The van der Waals surface area contributed by atoms with E-state index >= 15 is 0 Å². The predicted molar refractivity (Wildman–Crippen MR) is 99.8 cm³/mol. The van der Waals surface area contributed by atoms with Crippen molar-refractivity contribution in [3.8, 4) is 11.5 Å². The Labute approximate surface area is 161 Å². The molecule has 0 aliphatic carbocycles. The molecule has 0 aliphatic heterocycles. The first-order chi connectivity index (χ1) is 13.4. The van der Waals surface area contributed by atoms with E-state index < -0.39 is 16.8 Å². The molecule has 0 radical (unpaired) electrons. The molecule has 9 nitrogen and oxygen atoms in total. The topological polar surface area (TPSA) is 117 Å². The van der Waals surface area contributed by atoms with Gasteiger partial charge in [0.2, 0.25) is 0 Å². The number of nitro benzene ring substituents is 1. The highest BCUT2D eigenvalue weighted by Crippen LogP contribution is 2.24. The lowest BCUT2D eigenvalue weighted by Gasteiger charge is -2.12. The molecule has 0 atom stereocenters. The number of benzene rings is 2. The third kappa shape index (κ3) is 4.97. The molecule has 148 valence electrons. The molecule has 0 bridgehead atoms. The SMILES string of the molecule is CCOC(=O)c1cc(C(=O)NCc2cc(OC)ccc2OC)cc([N+](=O)[O-])c1. The third-order valence-corrected chi connectivity index (χ3v) is 3.83. The molecule has 0 unspecified atom stereocenters. The maximum atomic E-state index is 12.5. The minimum absolute atomic E-state index is 0.0286. The quantitative estimate of drug-likeness (QED) is 0.420. The molecule has 1 amide bonds. The zero-order valence-electron chi connectivity index (χ0n) is 15.7. The van der Waals surface area contributed by atoms with Crippen LogP contribution in [0.1, 0.15) is 33.2 Å². The number of amides is 1. The Bertz CT molecular complexity index is 896. The van der Waals surface area contributed by atoms with Gasteiger partial charge >= 0.3 is 5.97 Å². The van der Waals surface area contributed by atoms with Crippen LogP contribution in [-0.2, 0) is 11.3 Å². The van der Waals surface area contributed by atoms with Gasteiger partial charge in [0, 0.05) is 29.8 Å². The monoisotopic (exact) mass is 388 g/mol. The average molecular weight is 388 g/mol. The Hall–Kier alpha value is -3.62. The molecule has 2 aromatic rings. The number of nitrogens with zero attached hydrogens (tertiary/aromatic N) is 1. The average Bonchev–Trinajstić information content (AvgIpc) is 2.71. The number of rotatable bonds is 8. The second-order valence-corrected chi connectivity index (χ2v) is 5.61. The zero-order chi connectivity index (χ0) is 20.7. The fraction of sp³-hybridized carbons (Fsp3) is 0.263. The van der Waals surface area contributed by atoms with Crippen LogP contribution in [0.5, 0.6) is 11.5 Å². The number of non-ortho nitro benzene ring substituents is 1. The molecule has 9 heteroatoms. The van der Waals surface area contributed by atoms with E-state index in [0.717, 1.165) is 12.1 Å². The molecule has 2 aromatic carbocycles. The van der Waals surface area contributed by atoms with Crippen LogP contribution in [0.3, 0.4) is 0 Å². The lowest BCUT2D eigenvalue weighted by atomic mass is 10.1. The second kappa shape index (κ2) is 9.36. The molecule has 0 aromatic heterocycles. The van der Waals surface area contributed by atoms with Gasteiger partial charge in [-0.05, 0) is 31.2 Å². The van der Waals surface area contributed by atoms with Crippen LogP contribution in [0, 0.1) is 10.1 Å². The summed E-state index contributed by atoms with van der Waals surface area (Å²) < 4.78 is 15.3. The smallest absolute Gasteiger partial charge is 0.338 e. The fourth-order valence-electron chi connectivity index (χ4n) is 2.48. The van der Waals surface area contributed by atoms with Crippen LogP contribution in [0.15, 0.2) is 36.4 Å². The molecule has 28 heavy (non-hydrogen) atoms. The summed E-state index contributed by atoms with van der Waals surface area (Å²) in [4.78, 5) is 34.9. The maximum Gasteiger partial charge on any atom is 0.338 e. The van der Waals surface area contributed by atoms with Crippen molar-refractivity contribution in [2.75, 3.05) is 20.8 Å². The Morgan fingerprint density at radius 1 is 1.07 bits per heavy atom. The van der Waals surface area contributed by atoms with Crippen molar-refractivity contribution in [2.24, 2.45) is 0 Å². The van der Waals surface area contributed by atoms with E-state index in [-0.39, 0.29) is 30.0 Å². The lowest BCUT2D eigenvalue weighted by molar-refractivity contribution is -0.384. The number of hydrogen-bond donors (Lipinski definition) is 1. The minimum Gasteiger partial charge on any atom is -0.497 e. The molecular weight excluding hydrogens is 368 g/mol. The van der Waals surface area contributed by atoms with Crippen molar-refractivity contribution in [1.29, 1.82) is 0 Å². The Morgan fingerprint density at radius 2 is 1.79 bits per heavy atom. The molecule has 1 N–H and O–H groups in total. The van der Waals surface area contributed by atoms with Crippen molar-refractivity contribution in [2.45, 2.75) is 13.5 Å². The summed E-state index contributed by atoms with van der Waals surface area (Å²) in [6.07, 6.45) is 0. The van der Waals surface area contributed by atoms with Crippen molar-refractivity contribution >= 4 is 17.6 Å². The number of ether oxygens (including phenoxy) is 3. The van der Waals surface area contributed by atoms with Crippen LogP contribution in [0.2, 0.25) is 0 Å². The summed E-state index contributed by atoms with van der Waals surface area (Å²) in [7, 11) is 3.02. The minimum atomic E-state index is -0.741. The third-order valence-electron chi connectivity index (χ3n) is 3.83. The highest BCUT2D eigenvalue weighted by Gasteiger charge is 2.19. The number of nitro groups is 1. The first-order valence-corrected chi connectivity index (χ1v) is 8.35. The van der Waals surface area contributed by atoms with Crippen LogP contribution in [0.25, 0.3) is 0 Å². The highest BCUT2D eigenvalue weighted by atomic mass is 16.6. The Morgan fingerprint density at radius 3 is 2.39 bits per heavy atom. The summed E-state index contributed by atoms with van der Waals surface area (Å²) in [5.41, 5.74) is 0.181. The van der Waals surface area contributed by atoms with Crippen molar-refractivity contribution in [3.05, 3.63) is 63.2 Å². The lowest BCUT2D eigenvalue weighted by Crippen LogP contribution is -2.23. The zero-order valence-corrected chi connectivity index (χ0v) is 15.7. The van der Waals surface area contributed by atoms with Crippen molar-refractivity contribution in [1.82, 2.24) is 5.32 Å². The summed E-state index contributed by atoms with van der Waals surface area (Å²) in [5, 5.41) is 13.8. The molecule has 0 fully saturated rings. The van der Waals surface area contributed by atoms with E-state index in [0.29, 0.717) is 17.1 Å². The number of methoxy groups -OCH3 is 2. The summed E-state index contributed by atoms with van der Waals surface area (Å²) in [6.45, 7) is 1.82. The van der Waals surface area contributed by atoms with E-state index in [2.05, 4.69) is 5.32 Å². The van der Waals surface area contributed by atoms with Crippen LogP contribution >= 0.6 is 0 Å². The maximum absolute atomic E-state index is 12.5. The first-order valence-electron chi connectivity index (χ1n) is 8.35. The van der Waals surface area contributed by atoms with E-state index in [1.165, 1.54) is 20.3 Å². The Balaban J connectivity index is 2.26. The van der Waals surface area contributed by atoms with Gasteiger partial charge in [0.25, 0.3) is 11.6 Å². The molecule has 0 spiro atoms. The van der Waals surface area contributed by atoms with E-state index in [1.807, 2.05) is 0 Å². The number of hydrogen-bond acceptors (Lipinski definition) is 7. The number of nitrogens with one attached hydrogen (secondary N) is 1. The first kappa shape index (κ1) is 20.7. The van der Waals surface area contributed by atoms with E-state index in [9.17, 15) is 19.7 Å². The largest absolute Gasteiger partial charge is 0.497 e. The molecular formula is C19H20N2O7. The van der Waals surface area contributed by atoms with Gasteiger partial charge in [0.05, 0.1) is 31.3 Å². The summed E-state index contributed by atoms with van der Waals surface area (Å²) in [5.74, 6) is -0.189. The van der Waals surface area contributed by atoms with Gasteiger partial charge in [0.15, 0.2) is 0 Å². The van der Waals surface area contributed by atoms with Gasteiger partial charge in [-0.15, -0.1) is 0 Å². The second-order valence-electron chi connectivity index (χ2n) is 5.61. The van der Waals surface area contributed by atoms with E-state index in [4.69, 9.17) is 14.2 Å². The standard InChI is InChI=1S/C19H20N2O7/c1-4-28-19(23)13-7-12(8-15(9-13)21(24)25)18(22)20-11-14-10-16(26-2)5-6-17(14)27-3/h5-10H,4,11H2,1-3H3,(H,20,22). The van der Waals surface area contributed by atoms with Crippen molar-refractivity contribution in [3.63, 3.8) is 0 Å². The van der Waals surface area contributed by atoms with Gasteiger partial charge in [-0.1, -0.05) is 0 Å². The molecule has 2 rings (SSSR count). The Kier molecular flexibility index (Phi) is 6.91. The molecule has 0 saturated heterocycles. The number of carbonyl (C=O) groups excluding carboxylic acids is 2. The summed E-state index contributed by atoms with van der Waals surface area (Å²) >= 11 is 0. The van der Waals surface area contributed by atoms with Crippen LogP contribution < -0.4 is 14.8 Å². The number of carbonyl (C=O) groups is 2. The normalized spacial score (nSPS) is 10.1. The van der Waals surface area contributed by atoms with Gasteiger partial charge < -0.3 is 19.5 Å². The van der Waals surface area contributed by atoms with E-state index in [1.54, 1.807) is 25.1 Å². The van der Waals surface area contributed by atoms with Gasteiger partial charge in [0.1, 0.15) is 11.5 Å².